The van der Waals surface area contributed by atoms with E-state index < -0.39 is 0 Å². The molecule has 1 fully saturated rings. The second kappa shape index (κ2) is 8.01. The molecule has 2 atom stereocenters. The number of quaternary nitrogens is 1. The largest absolute Gasteiger partial charge is 0.493 e. The molecule has 1 N–H and O–H groups in total. The van der Waals surface area contributed by atoms with Crippen LogP contribution >= 0.6 is 12.2 Å². The van der Waals surface area contributed by atoms with Crippen molar-refractivity contribution in [2.75, 3.05) is 20.8 Å². The minimum absolute atomic E-state index is 0.415. The van der Waals surface area contributed by atoms with Gasteiger partial charge in [-0.2, -0.15) is 4.68 Å². The van der Waals surface area contributed by atoms with Gasteiger partial charge in [-0.05, 0) is 56.1 Å². The van der Waals surface area contributed by atoms with Crippen molar-refractivity contribution in [1.29, 1.82) is 0 Å². The Balaban J connectivity index is 1.84. The molecule has 1 aromatic heterocycles. The molecular weight excluding hydrogens is 338 g/mol. The summed E-state index contributed by atoms with van der Waals surface area (Å²) < 4.78 is 18.2. The van der Waals surface area contributed by atoms with E-state index in [1.807, 2.05) is 22.9 Å². The van der Waals surface area contributed by atoms with Gasteiger partial charge in [0.25, 0.3) is 4.84 Å². The topological polar surface area (TPSA) is 53.9 Å². The second-order valence-electron chi connectivity index (χ2n) is 6.41. The molecule has 0 spiro atoms. The number of aromatic nitrogens is 2. The maximum Gasteiger partial charge on any atom is 0.292 e. The fraction of sp³-hybridized carbons (Fsp3) is 0.556. The molecule has 0 bridgehead atoms. The van der Waals surface area contributed by atoms with Crippen LogP contribution < -0.4 is 14.4 Å². The Morgan fingerprint density at radius 1 is 1.28 bits per heavy atom. The first-order chi connectivity index (χ1) is 12.2. The van der Waals surface area contributed by atoms with Gasteiger partial charge in [0.15, 0.2) is 18.2 Å². The van der Waals surface area contributed by atoms with Crippen molar-refractivity contribution in [2.24, 2.45) is 0 Å². The van der Waals surface area contributed by atoms with Crippen LogP contribution in [-0.4, -0.2) is 36.6 Å². The zero-order valence-corrected chi connectivity index (χ0v) is 15.9. The van der Waals surface area contributed by atoms with Crippen LogP contribution in [0.1, 0.15) is 32.6 Å². The lowest BCUT2D eigenvalue weighted by atomic mass is 10.0. The fourth-order valence-corrected chi connectivity index (χ4v) is 3.72. The standard InChI is InChI=1S/C18H25N3O3S/c1-4-14-7-5-6-10-20(14)12-21-18(25)24-17(19-21)13-8-9-15(22-2)16(11-13)23-3/h8-9,11,14H,4-7,10,12H2,1-3H3/p+1/t14-/m0/s1. The van der Waals surface area contributed by atoms with Gasteiger partial charge in [0.1, 0.15) is 0 Å². The monoisotopic (exact) mass is 364 g/mol. The summed E-state index contributed by atoms with van der Waals surface area (Å²) in [5.74, 6) is 1.83. The number of hydrogen-bond acceptors (Lipinski definition) is 5. The lowest BCUT2D eigenvalue weighted by molar-refractivity contribution is -0.953. The summed E-state index contributed by atoms with van der Waals surface area (Å²) in [5, 5.41) is 4.60. The average Bonchev–Trinajstić information content (AvgIpc) is 3.02. The molecule has 0 amide bonds. The van der Waals surface area contributed by atoms with E-state index in [4.69, 9.17) is 26.1 Å². The van der Waals surface area contributed by atoms with Crippen molar-refractivity contribution < 1.29 is 18.8 Å². The van der Waals surface area contributed by atoms with E-state index in [-0.39, 0.29) is 0 Å². The van der Waals surface area contributed by atoms with Crippen LogP contribution in [0.5, 0.6) is 11.5 Å². The van der Waals surface area contributed by atoms with Crippen LogP contribution in [0.25, 0.3) is 11.5 Å². The first kappa shape index (κ1) is 17.9. The smallest absolute Gasteiger partial charge is 0.292 e. The Bertz CT molecular complexity index is 771. The molecule has 1 aliphatic heterocycles. The molecule has 0 saturated carbocycles. The Hall–Kier alpha value is -1.86. The van der Waals surface area contributed by atoms with Crippen LogP contribution in [0.15, 0.2) is 22.6 Å². The van der Waals surface area contributed by atoms with Crippen molar-refractivity contribution in [1.82, 2.24) is 9.78 Å². The molecule has 7 heteroatoms. The zero-order chi connectivity index (χ0) is 17.8. The molecule has 1 aliphatic rings. The summed E-state index contributed by atoms with van der Waals surface area (Å²) >= 11 is 5.39. The Morgan fingerprint density at radius 2 is 2.08 bits per heavy atom. The highest BCUT2D eigenvalue weighted by Gasteiger charge is 2.25. The van der Waals surface area contributed by atoms with Crippen LogP contribution in [0.3, 0.4) is 0 Å². The molecule has 6 nitrogen and oxygen atoms in total. The number of ether oxygens (including phenoxy) is 2. The first-order valence-corrected chi connectivity index (χ1v) is 9.22. The van der Waals surface area contributed by atoms with Gasteiger partial charge in [-0.25, -0.2) is 0 Å². The minimum Gasteiger partial charge on any atom is -0.493 e. The Labute approximate surface area is 153 Å². The van der Waals surface area contributed by atoms with E-state index in [1.165, 1.54) is 37.1 Å². The maximum atomic E-state index is 5.74. The summed E-state index contributed by atoms with van der Waals surface area (Å²) in [4.78, 5) is 1.95. The molecule has 0 radical (unpaired) electrons. The van der Waals surface area contributed by atoms with Crippen molar-refractivity contribution in [3.05, 3.63) is 23.0 Å². The van der Waals surface area contributed by atoms with E-state index >= 15 is 0 Å². The van der Waals surface area contributed by atoms with Gasteiger partial charge in [-0.15, -0.1) is 5.10 Å². The number of nitrogens with one attached hydrogen (secondary N) is 1. The van der Waals surface area contributed by atoms with Gasteiger partial charge in [0, 0.05) is 5.56 Å². The normalized spacial score (nSPS) is 20.4. The van der Waals surface area contributed by atoms with Crippen molar-refractivity contribution in [2.45, 2.75) is 45.3 Å². The average molecular weight is 364 g/mol. The zero-order valence-electron chi connectivity index (χ0n) is 15.1. The number of piperidine rings is 1. The van der Waals surface area contributed by atoms with Crippen LogP contribution in [0.2, 0.25) is 0 Å². The molecular formula is C18H26N3O3S+. The van der Waals surface area contributed by atoms with E-state index in [0.29, 0.717) is 28.3 Å². The van der Waals surface area contributed by atoms with Crippen molar-refractivity contribution in [3.8, 4) is 23.0 Å². The maximum absolute atomic E-state index is 5.74. The third kappa shape index (κ3) is 3.88. The molecule has 0 aliphatic carbocycles. The van der Waals surface area contributed by atoms with Gasteiger partial charge in [0.2, 0.25) is 5.89 Å². The first-order valence-electron chi connectivity index (χ1n) is 8.81. The lowest BCUT2D eigenvalue weighted by Crippen LogP contribution is -3.15. The van der Waals surface area contributed by atoms with Gasteiger partial charge in [-0.3, -0.25) is 0 Å². The molecule has 1 aromatic carbocycles. The van der Waals surface area contributed by atoms with Gasteiger partial charge >= 0.3 is 0 Å². The van der Waals surface area contributed by atoms with Gasteiger partial charge in [-0.1, -0.05) is 6.92 Å². The van der Waals surface area contributed by atoms with Gasteiger partial charge < -0.3 is 18.8 Å². The van der Waals surface area contributed by atoms with E-state index in [1.54, 1.807) is 14.2 Å². The van der Waals surface area contributed by atoms with Crippen LogP contribution in [-0.2, 0) is 6.67 Å². The van der Waals surface area contributed by atoms with E-state index in [9.17, 15) is 0 Å². The summed E-state index contributed by atoms with van der Waals surface area (Å²) in [6.45, 7) is 4.18. The Morgan fingerprint density at radius 3 is 2.80 bits per heavy atom. The number of nitrogens with zero attached hydrogens (tertiary/aromatic N) is 2. The highest BCUT2D eigenvalue weighted by Crippen LogP contribution is 2.31. The lowest BCUT2D eigenvalue weighted by Gasteiger charge is -2.31. The van der Waals surface area contributed by atoms with Crippen molar-refractivity contribution >= 4 is 12.2 Å². The summed E-state index contributed by atoms with van der Waals surface area (Å²) in [6, 6.07) is 6.27. The highest BCUT2D eigenvalue weighted by atomic mass is 32.1. The predicted octanol–water partition coefficient (Wildman–Crippen LogP) is 2.69. The third-order valence-corrected chi connectivity index (χ3v) is 5.25. The molecule has 3 rings (SSSR count). The SMILES string of the molecule is CC[C@H]1CCCC[NH+]1Cn1nc(-c2ccc(OC)c(OC)c2)oc1=S. The van der Waals surface area contributed by atoms with Crippen molar-refractivity contribution in [3.63, 3.8) is 0 Å². The number of benzene rings is 1. The third-order valence-electron chi connectivity index (χ3n) is 4.96. The minimum atomic E-state index is 0.415. The molecule has 2 aromatic rings. The van der Waals surface area contributed by atoms with Gasteiger partial charge in [0.05, 0.1) is 26.8 Å². The highest BCUT2D eigenvalue weighted by molar-refractivity contribution is 7.71. The molecule has 1 unspecified atom stereocenters. The van der Waals surface area contributed by atoms with Crippen LogP contribution in [0.4, 0.5) is 0 Å². The van der Waals surface area contributed by atoms with Crippen LogP contribution in [0, 0.1) is 4.84 Å². The van der Waals surface area contributed by atoms with E-state index in [0.717, 1.165) is 12.2 Å². The Kier molecular flexibility index (Phi) is 5.75. The predicted molar refractivity (Wildman–Crippen MR) is 97.6 cm³/mol. The summed E-state index contributed by atoms with van der Waals surface area (Å²) in [6.07, 6.45) is 5.05. The molecule has 136 valence electrons. The number of rotatable bonds is 6. The number of methoxy groups -OCH3 is 2. The molecule has 1 saturated heterocycles. The molecule has 2 heterocycles. The second-order valence-corrected chi connectivity index (χ2v) is 6.76. The summed E-state index contributed by atoms with van der Waals surface area (Å²) in [5.41, 5.74) is 0.822. The number of hydrogen-bond donors (Lipinski definition) is 1. The fourth-order valence-electron chi connectivity index (χ4n) is 3.54. The van der Waals surface area contributed by atoms with E-state index in [2.05, 4.69) is 12.0 Å². The molecule has 25 heavy (non-hydrogen) atoms. The number of likely N-dealkylation sites (tertiary alicyclic amines) is 1. The summed E-state index contributed by atoms with van der Waals surface area (Å²) in [7, 11) is 3.23. The quantitative estimate of drug-likeness (QED) is 0.799.